The maximum Gasteiger partial charge on any atom is 0.229 e. The Morgan fingerprint density at radius 3 is 2.38 bits per heavy atom. The van der Waals surface area contributed by atoms with Crippen LogP contribution in [0.5, 0.6) is 11.5 Å². The van der Waals surface area contributed by atoms with Crippen LogP contribution in [0.4, 0.5) is 11.4 Å². The molecular weight excluding hydrogens is 432 g/mol. The van der Waals surface area contributed by atoms with Crippen molar-refractivity contribution in [2.45, 2.75) is 12.8 Å². The Labute approximate surface area is 201 Å². The van der Waals surface area contributed by atoms with Crippen LogP contribution >= 0.6 is 0 Å². The van der Waals surface area contributed by atoms with Gasteiger partial charge < -0.3 is 29.5 Å². The topological polar surface area (TPSA) is 74.4 Å². The van der Waals surface area contributed by atoms with Crippen molar-refractivity contribution >= 4 is 23.2 Å². The van der Waals surface area contributed by atoms with E-state index in [0.29, 0.717) is 31.0 Å². The molecule has 0 bridgehead atoms. The predicted octanol–water partition coefficient (Wildman–Crippen LogP) is 2.49. The number of carbonyl (C=O) groups is 2. The normalized spacial score (nSPS) is 18.8. The first-order valence-corrected chi connectivity index (χ1v) is 11.8. The van der Waals surface area contributed by atoms with Crippen molar-refractivity contribution in [3.05, 3.63) is 48.0 Å². The molecule has 2 aromatic rings. The summed E-state index contributed by atoms with van der Waals surface area (Å²) in [6.45, 7) is 5.12. The molecule has 2 saturated heterocycles. The molecule has 0 saturated carbocycles. The van der Waals surface area contributed by atoms with E-state index >= 15 is 0 Å². The minimum absolute atomic E-state index is 0.0195. The van der Waals surface area contributed by atoms with E-state index in [1.807, 2.05) is 30.3 Å². The summed E-state index contributed by atoms with van der Waals surface area (Å²) in [6, 6.07) is 13.7. The first kappa shape index (κ1) is 23.9. The second-order valence-electron chi connectivity index (χ2n) is 9.01. The number of amides is 2. The predicted molar refractivity (Wildman–Crippen MR) is 133 cm³/mol. The molecule has 2 heterocycles. The second-order valence-corrected chi connectivity index (χ2v) is 9.01. The molecule has 0 spiro atoms. The maximum absolute atomic E-state index is 12.8. The van der Waals surface area contributed by atoms with Crippen LogP contribution < -0.4 is 19.7 Å². The van der Waals surface area contributed by atoms with Crippen molar-refractivity contribution in [3.63, 3.8) is 0 Å². The van der Waals surface area contributed by atoms with Crippen LogP contribution in [0.25, 0.3) is 0 Å². The highest BCUT2D eigenvalue weighted by Crippen LogP contribution is 2.28. The summed E-state index contributed by atoms with van der Waals surface area (Å²) in [6.07, 6.45) is 0.936. The van der Waals surface area contributed by atoms with Crippen molar-refractivity contribution in [3.8, 4) is 11.5 Å². The fourth-order valence-electron chi connectivity index (χ4n) is 4.53. The Morgan fingerprint density at radius 2 is 1.71 bits per heavy atom. The first-order valence-electron chi connectivity index (χ1n) is 11.8. The molecule has 1 N–H and O–H groups in total. The first-order chi connectivity index (χ1) is 16.5. The third-order valence-corrected chi connectivity index (χ3v) is 6.71. The highest BCUT2D eigenvalue weighted by molar-refractivity contribution is 5.97. The number of hydrogen-bond donors (Lipinski definition) is 1. The number of ether oxygens (including phenoxy) is 2. The molecule has 0 aromatic heterocycles. The van der Waals surface area contributed by atoms with E-state index in [1.54, 1.807) is 19.1 Å². The number of anilines is 2. The molecule has 4 rings (SSSR count). The number of likely N-dealkylation sites (tertiary alicyclic amines) is 1. The summed E-state index contributed by atoms with van der Waals surface area (Å²) >= 11 is 0. The van der Waals surface area contributed by atoms with Crippen molar-refractivity contribution in [1.29, 1.82) is 0 Å². The van der Waals surface area contributed by atoms with Gasteiger partial charge in [0, 0.05) is 57.1 Å². The van der Waals surface area contributed by atoms with Crippen molar-refractivity contribution in [2.24, 2.45) is 5.92 Å². The summed E-state index contributed by atoms with van der Waals surface area (Å²) in [4.78, 5) is 31.8. The molecule has 8 heteroatoms. The van der Waals surface area contributed by atoms with E-state index in [9.17, 15) is 9.59 Å². The number of benzene rings is 2. The zero-order chi connectivity index (χ0) is 24.1. The molecule has 34 heavy (non-hydrogen) atoms. The van der Waals surface area contributed by atoms with Crippen molar-refractivity contribution < 1.29 is 19.1 Å². The Morgan fingerprint density at radius 1 is 1.00 bits per heavy atom. The molecule has 0 aliphatic carbocycles. The monoisotopic (exact) mass is 466 g/mol. The third kappa shape index (κ3) is 5.62. The molecule has 182 valence electrons. The lowest BCUT2D eigenvalue weighted by atomic mass is 10.1. The fraction of sp³-hybridized carbons (Fsp3) is 0.462. The summed E-state index contributed by atoms with van der Waals surface area (Å²) in [5.74, 6) is 0.927. The molecule has 8 nitrogen and oxygen atoms in total. The average Bonchev–Trinajstić information content (AvgIpc) is 3.24. The van der Waals surface area contributed by atoms with Crippen LogP contribution in [0.2, 0.25) is 0 Å². The molecule has 2 aliphatic heterocycles. The van der Waals surface area contributed by atoms with Crippen LogP contribution in [0.15, 0.2) is 42.5 Å². The molecule has 2 amide bonds. The molecule has 0 radical (unpaired) electrons. The van der Waals surface area contributed by atoms with Gasteiger partial charge in [-0.3, -0.25) is 9.59 Å². The van der Waals surface area contributed by atoms with Gasteiger partial charge >= 0.3 is 0 Å². The number of likely N-dealkylation sites (N-methyl/N-ethyl adjacent to an activating group) is 1. The van der Waals surface area contributed by atoms with E-state index in [4.69, 9.17) is 9.47 Å². The van der Waals surface area contributed by atoms with Gasteiger partial charge in [0.15, 0.2) is 11.5 Å². The van der Waals surface area contributed by atoms with E-state index in [0.717, 1.165) is 37.4 Å². The lowest BCUT2D eigenvalue weighted by molar-refractivity contribution is -0.128. The van der Waals surface area contributed by atoms with Gasteiger partial charge in [0.1, 0.15) is 0 Å². The fourth-order valence-corrected chi connectivity index (χ4v) is 4.53. The second kappa shape index (κ2) is 10.8. The number of piperazine rings is 1. The van der Waals surface area contributed by atoms with Gasteiger partial charge in [-0.2, -0.15) is 0 Å². The highest BCUT2D eigenvalue weighted by atomic mass is 16.5. The van der Waals surface area contributed by atoms with Gasteiger partial charge in [-0.15, -0.1) is 0 Å². The highest BCUT2D eigenvalue weighted by Gasteiger charge is 2.34. The van der Waals surface area contributed by atoms with Crippen molar-refractivity contribution in [1.82, 2.24) is 9.80 Å². The van der Waals surface area contributed by atoms with Gasteiger partial charge in [-0.1, -0.05) is 6.07 Å². The number of nitrogens with zero attached hydrogens (tertiary/aromatic N) is 3. The average molecular weight is 467 g/mol. The summed E-state index contributed by atoms with van der Waals surface area (Å²) in [7, 11) is 5.35. The Hall–Kier alpha value is -3.26. The molecule has 2 fully saturated rings. The van der Waals surface area contributed by atoms with Gasteiger partial charge in [0.2, 0.25) is 11.8 Å². The summed E-state index contributed by atoms with van der Waals surface area (Å²) in [5, 5.41) is 2.99. The van der Waals surface area contributed by atoms with Crippen LogP contribution in [0, 0.1) is 5.92 Å². The zero-order valence-corrected chi connectivity index (χ0v) is 20.3. The zero-order valence-electron chi connectivity index (χ0n) is 20.3. The standard InChI is InChI=1S/C26H34N4O4/c1-28-12-14-29(15-13-28)22-7-5-21(6-8-22)27-26(32)20-17-25(31)30(18-20)11-10-19-4-9-23(33-2)24(16-19)34-3/h4-9,16,20H,10-15,17-18H2,1-3H3,(H,27,32)/t20-/m0/s1. The van der Waals surface area contributed by atoms with E-state index < -0.39 is 0 Å². The minimum atomic E-state index is -0.338. The minimum Gasteiger partial charge on any atom is -0.493 e. The number of carbonyl (C=O) groups excluding carboxylic acids is 2. The summed E-state index contributed by atoms with van der Waals surface area (Å²) < 4.78 is 10.6. The lowest BCUT2D eigenvalue weighted by Crippen LogP contribution is -2.44. The quantitative estimate of drug-likeness (QED) is 0.644. The van der Waals surface area contributed by atoms with E-state index in [-0.39, 0.29) is 24.2 Å². The van der Waals surface area contributed by atoms with Crippen molar-refractivity contribution in [2.75, 3.05) is 70.8 Å². The molecule has 2 aliphatic rings. The number of rotatable bonds is 8. The molecule has 0 unspecified atom stereocenters. The van der Waals surface area contributed by atoms with Crippen LogP contribution in [-0.4, -0.2) is 82.1 Å². The maximum atomic E-state index is 12.8. The smallest absolute Gasteiger partial charge is 0.229 e. The van der Waals surface area contributed by atoms with Gasteiger partial charge in [0.25, 0.3) is 0 Å². The molecule has 2 aromatic carbocycles. The van der Waals surface area contributed by atoms with Gasteiger partial charge in [0.05, 0.1) is 20.1 Å². The van der Waals surface area contributed by atoms with Crippen LogP contribution in [0.3, 0.4) is 0 Å². The largest absolute Gasteiger partial charge is 0.493 e. The summed E-state index contributed by atoms with van der Waals surface area (Å²) in [5.41, 5.74) is 2.99. The van der Waals surface area contributed by atoms with Gasteiger partial charge in [-0.05, 0) is 55.4 Å². The van der Waals surface area contributed by atoms with Crippen LogP contribution in [0.1, 0.15) is 12.0 Å². The Bertz CT molecular complexity index is 1000. The van der Waals surface area contributed by atoms with E-state index in [1.165, 1.54) is 5.69 Å². The van der Waals surface area contributed by atoms with Gasteiger partial charge in [-0.25, -0.2) is 0 Å². The molecular formula is C26H34N4O4. The SMILES string of the molecule is COc1ccc(CCN2C[C@@H](C(=O)Nc3ccc(N4CCN(C)CC4)cc3)CC2=O)cc1OC. The van der Waals surface area contributed by atoms with E-state index in [2.05, 4.69) is 34.3 Å². The Kier molecular flexibility index (Phi) is 7.57. The lowest BCUT2D eigenvalue weighted by Gasteiger charge is -2.34. The number of methoxy groups -OCH3 is 2. The van der Waals surface area contributed by atoms with Crippen LogP contribution in [-0.2, 0) is 16.0 Å². The number of hydrogen-bond acceptors (Lipinski definition) is 6. The number of nitrogens with one attached hydrogen (secondary N) is 1. The third-order valence-electron chi connectivity index (χ3n) is 6.71. The Balaban J connectivity index is 1.28. The molecule has 1 atom stereocenters.